The Bertz CT molecular complexity index is 722. The van der Waals surface area contributed by atoms with Gasteiger partial charge in [0.1, 0.15) is 10.6 Å². The summed E-state index contributed by atoms with van der Waals surface area (Å²) in [7, 11) is -2.59. The zero-order valence-corrected chi connectivity index (χ0v) is 10.7. The molecule has 3 N–H and O–H groups in total. The normalized spacial score (nSPS) is 11.7. The lowest BCUT2D eigenvalue weighted by Crippen LogP contribution is -2.01. The Morgan fingerprint density at radius 1 is 1.22 bits per heavy atom. The molecule has 0 bridgehead atoms. The number of hydrogen-bond acceptors (Lipinski definition) is 4. The van der Waals surface area contributed by atoms with Gasteiger partial charge in [-0.05, 0) is 30.5 Å². The number of benzene rings is 2. The second kappa shape index (κ2) is 4.15. The second-order valence-electron chi connectivity index (χ2n) is 4.01. The maximum absolute atomic E-state index is 11.2. The molecule has 2 rings (SSSR count). The number of phenols is 1. The van der Waals surface area contributed by atoms with Crippen LogP contribution in [0.15, 0.2) is 29.2 Å². The molecule has 18 heavy (non-hydrogen) atoms. The molecule has 0 unspecified atom stereocenters. The van der Waals surface area contributed by atoms with Gasteiger partial charge < -0.3 is 10.4 Å². The van der Waals surface area contributed by atoms with Gasteiger partial charge in [-0.25, -0.2) is 0 Å². The summed E-state index contributed by atoms with van der Waals surface area (Å²) in [4.78, 5) is -0.273. The SMILES string of the molecule is CNc1ccc2cc(S(=O)(=O)O)c(C)c(O)c2c1. The fourth-order valence-electron chi connectivity index (χ4n) is 1.88. The predicted molar refractivity (Wildman–Crippen MR) is 69.7 cm³/mol. The first-order chi connectivity index (χ1) is 8.34. The Morgan fingerprint density at radius 2 is 1.89 bits per heavy atom. The van der Waals surface area contributed by atoms with E-state index in [0.717, 1.165) is 5.69 Å². The summed E-state index contributed by atoms with van der Waals surface area (Å²) in [6, 6.07) is 6.49. The van der Waals surface area contributed by atoms with Crippen LogP contribution in [0.1, 0.15) is 5.56 Å². The number of hydrogen-bond donors (Lipinski definition) is 3. The highest BCUT2D eigenvalue weighted by atomic mass is 32.2. The van der Waals surface area contributed by atoms with Gasteiger partial charge in [-0.3, -0.25) is 4.55 Å². The summed E-state index contributed by atoms with van der Waals surface area (Å²) < 4.78 is 31.5. The number of rotatable bonds is 2. The van der Waals surface area contributed by atoms with Crippen LogP contribution in [-0.2, 0) is 10.1 Å². The van der Waals surface area contributed by atoms with Gasteiger partial charge in [0.2, 0.25) is 0 Å². The van der Waals surface area contributed by atoms with Crippen molar-refractivity contribution in [3.63, 3.8) is 0 Å². The van der Waals surface area contributed by atoms with E-state index in [1.165, 1.54) is 13.0 Å². The zero-order valence-electron chi connectivity index (χ0n) is 9.93. The van der Waals surface area contributed by atoms with Crippen LogP contribution in [0.2, 0.25) is 0 Å². The quantitative estimate of drug-likeness (QED) is 0.726. The van der Waals surface area contributed by atoms with Crippen LogP contribution in [0.3, 0.4) is 0 Å². The van der Waals surface area contributed by atoms with Crippen LogP contribution in [-0.4, -0.2) is 25.1 Å². The smallest absolute Gasteiger partial charge is 0.294 e. The second-order valence-corrected chi connectivity index (χ2v) is 5.40. The van der Waals surface area contributed by atoms with Gasteiger partial charge in [0.05, 0.1) is 0 Å². The fourth-order valence-corrected chi connectivity index (χ4v) is 2.64. The molecule has 5 nitrogen and oxygen atoms in total. The minimum absolute atomic E-state index is 0.137. The molecule has 0 heterocycles. The largest absolute Gasteiger partial charge is 0.507 e. The first-order valence-electron chi connectivity index (χ1n) is 5.26. The number of anilines is 1. The third-order valence-corrected chi connectivity index (χ3v) is 3.87. The Morgan fingerprint density at radius 3 is 2.44 bits per heavy atom. The third-order valence-electron chi connectivity index (χ3n) is 2.89. The molecule has 96 valence electrons. The maximum Gasteiger partial charge on any atom is 0.294 e. The van der Waals surface area contributed by atoms with E-state index in [-0.39, 0.29) is 16.2 Å². The molecule has 0 aliphatic carbocycles. The fraction of sp³-hybridized carbons (Fsp3) is 0.167. The zero-order chi connectivity index (χ0) is 13.5. The summed E-state index contributed by atoms with van der Waals surface area (Å²) in [5, 5.41) is 14.0. The molecule has 2 aromatic carbocycles. The van der Waals surface area contributed by atoms with Crippen molar-refractivity contribution in [2.75, 3.05) is 12.4 Å². The molecule has 0 spiro atoms. The van der Waals surface area contributed by atoms with Crippen molar-refractivity contribution in [3.05, 3.63) is 29.8 Å². The van der Waals surface area contributed by atoms with E-state index in [0.29, 0.717) is 10.8 Å². The molecule has 0 saturated heterocycles. The lowest BCUT2D eigenvalue weighted by molar-refractivity contribution is 0.466. The van der Waals surface area contributed by atoms with E-state index in [9.17, 15) is 13.5 Å². The lowest BCUT2D eigenvalue weighted by atomic mass is 10.1. The van der Waals surface area contributed by atoms with Gasteiger partial charge in [0.15, 0.2) is 0 Å². The van der Waals surface area contributed by atoms with E-state index in [4.69, 9.17) is 4.55 Å². The Kier molecular flexibility index (Phi) is 2.92. The first-order valence-corrected chi connectivity index (χ1v) is 6.70. The molecule has 6 heteroatoms. The highest BCUT2D eigenvalue weighted by Crippen LogP contribution is 2.34. The number of phenolic OH excluding ortho intramolecular Hbond substituents is 1. The van der Waals surface area contributed by atoms with E-state index >= 15 is 0 Å². The van der Waals surface area contributed by atoms with Crippen LogP contribution in [0.25, 0.3) is 10.8 Å². The molecule has 2 aromatic rings. The third kappa shape index (κ3) is 2.00. The van der Waals surface area contributed by atoms with E-state index in [1.807, 2.05) is 0 Å². The van der Waals surface area contributed by atoms with Crippen LogP contribution >= 0.6 is 0 Å². The highest BCUT2D eigenvalue weighted by molar-refractivity contribution is 7.85. The van der Waals surface area contributed by atoms with Gasteiger partial charge in [-0.1, -0.05) is 6.07 Å². The average Bonchev–Trinajstić information content (AvgIpc) is 2.32. The van der Waals surface area contributed by atoms with Crippen molar-refractivity contribution in [2.45, 2.75) is 11.8 Å². The minimum Gasteiger partial charge on any atom is -0.507 e. The Hall–Kier alpha value is -1.79. The molecular weight excluding hydrogens is 254 g/mol. The molecular formula is C12H13NO4S. The maximum atomic E-state index is 11.2. The molecule has 0 saturated carbocycles. The standard InChI is InChI=1S/C12H13NO4S/c1-7-11(18(15,16)17)5-8-3-4-9(13-2)6-10(8)12(7)14/h3-6,13-14H,1-2H3,(H,15,16,17). The van der Waals surface area contributed by atoms with Crippen LogP contribution in [0, 0.1) is 6.92 Å². The Labute approximate surface area is 105 Å². The number of nitrogens with one attached hydrogen (secondary N) is 1. The lowest BCUT2D eigenvalue weighted by Gasteiger charge is -2.10. The van der Waals surface area contributed by atoms with Crippen molar-refractivity contribution < 1.29 is 18.1 Å². The Balaban J connectivity index is 2.87. The summed E-state index contributed by atoms with van der Waals surface area (Å²) >= 11 is 0. The molecule has 0 radical (unpaired) electrons. The van der Waals surface area contributed by atoms with Crippen molar-refractivity contribution in [2.24, 2.45) is 0 Å². The van der Waals surface area contributed by atoms with Gasteiger partial charge >= 0.3 is 0 Å². The molecule has 0 fully saturated rings. The first kappa shape index (κ1) is 12.7. The number of fused-ring (bicyclic) bond motifs is 1. The summed E-state index contributed by atoms with van der Waals surface area (Å²) in [5.41, 5.74) is 0.940. The molecule has 0 aromatic heterocycles. The van der Waals surface area contributed by atoms with Crippen LogP contribution in [0.4, 0.5) is 5.69 Å². The van der Waals surface area contributed by atoms with Crippen LogP contribution < -0.4 is 5.32 Å². The molecule has 0 aliphatic rings. The minimum atomic E-state index is -4.34. The van der Waals surface area contributed by atoms with Crippen molar-refractivity contribution in [1.29, 1.82) is 0 Å². The molecule has 0 amide bonds. The van der Waals surface area contributed by atoms with E-state index in [2.05, 4.69) is 5.32 Å². The van der Waals surface area contributed by atoms with Gasteiger partial charge in [-0.2, -0.15) is 8.42 Å². The van der Waals surface area contributed by atoms with Crippen molar-refractivity contribution in [1.82, 2.24) is 0 Å². The van der Waals surface area contributed by atoms with Crippen molar-refractivity contribution >= 4 is 26.6 Å². The monoisotopic (exact) mass is 267 g/mol. The topological polar surface area (TPSA) is 86.6 Å². The molecule has 0 atom stereocenters. The van der Waals surface area contributed by atoms with Crippen molar-refractivity contribution in [3.8, 4) is 5.75 Å². The van der Waals surface area contributed by atoms with Crippen LogP contribution in [0.5, 0.6) is 5.75 Å². The summed E-state index contributed by atoms with van der Waals surface area (Å²) in [6.45, 7) is 1.45. The number of aromatic hydroxyl groups is 1. The van der Waals surface area contributed by atoms with Gasteiger partial charge in [0.25, 0.3) is 10.1 Å². The molecule has 0 aliphatic heterocycles. The van der Waals surface area contributed by atoms with Gasteiger partial charge in [0, 0.05) is 23.7 Å². The summed E-state index contributed by atoms with van der Waals surface area (Å²) in [6.07, 6.45) is 0. The average molecular weight is 267 g/mol. The summed E-state index contributed by atoms with van der Waals surface area (Å²) in [5.74, 6) is -0.141. The van der Waals surface area contributed by atoms with E-state index in [1.54, 1.807) is 25.2 Å². The van der Waals surface area contributed by atoms with Gasteiger partial charge in [-0.15, -0.1) is 0 Å². The highest BCUT2D eigenvalue weighted by Gasteiger charge is 2.18. The predicted octanol–water partition coefficient (Wildman–Crippen LogP) is 2.14. The van der Waals surface area contributed by atoms with E-state index < -0.39 is 10.1 Å².